The first-order chi connectivity index (χ1) is 23.3. The number of ether oxygens (including phenoxy) is 6. The smallest absolute Gasteiger partial charge is 0.342 e. The lowest BCUT2D eigenvalue weighted by Gasteiger charge is -2.18. The average Bonchev–Trinajstić information content (AvgIpc) is 3.12. The van der Waals surface area contributed by atoms with E-state index >= 15 is 0 Å². The highest BCUT2D eigenvalue weighted by Gasteiger charge is 2.27. The molecule has 0 radical (unpaired) electrons. The standard InChI is InChI=1S/C38H32Cl2O8/c1-43-37(41)33-17-18-34(47-23-27-5-3-7-31(19-27)45-21-25-9-13-29(39)14-10-25)36(35(33)38(42)44-2)48-24-28-6-4-8-32(20-28)46-22-26-11-15-30(40)16-12-26/h3-20H,21-24H2,1-2H3. The molecule has 10 heteroatoms. The molecule has 0 heterocycles. The summed E-state index contributed by atoms with van der Waals surface area (Å²) in [6.07, 6.45) is 0. The predicted molar refractivity (Wildman–Crippen MR) is 182 cm³/mol. The van der Waals surface area contributed by atoms with Crippen LogP contribution in [-0.2, 0) is 35.9 Å². The molecule has 0 spiro atoms. The highest BCUT2D eigenvalue weighted by molar-refractivity contribution is 6.30. The number of carbonyl (C=O) groups excluding carboxylic acids is 2. The maximum Gasteiger partial charge on any atom is 0.342 e. The van der Waals surface area contributed by atoms with E-state index in [1.807, 2.05) is 84.9 Å². The zero-order valence-corrected chi connectivity index (χ0v) is 27.8. The van der Waals surface area contributed by atoms with Crippen molar-refractivity contribution >= 4 is 35.1 Å². The Balaban J connectivity index is 1.34. The summed E-state index contributed by atoms with van der Waals surface area (Å²) < 4.78 is 34.3. The van der Waals surface area contributed by atoms with Crippen LogP contribution in [0.15, 0.2) is 109 Å². The summed E-state index contributed by atoms with van der Waals surface area (Å²) in [5.41, 5.74) is 3.35. The van der Waals surface area contributed by atoms with Crippen LogP contribution >= 0.6 is 23.2 Å². The van der Waals surface area contributed by atoms with Crippen LogP contribution in [0.2, 0.25) is 10.0 Å². The van der Waals surface area contributed by atoms with Gasteiger partial charge in [-0.2, -0.15) is 0 Å². The molecule has 0 aromatic heterocycles. The third-order valence-electron chi connectivity index (χ3n) is 7.13. The van der Waals surface area contributed by atoms with Crippen molar-refractivity contribution < 1.29 is 38.0 Å². The fourth-order valence-electron chi connectivity index (χ4n) is 4.67. The molecule has 0 saturated heterocycles. The molecule has 0 aliphatic carbocycles. The third-order valence-corrected chi connectivity index (χ3v) is 7.63. The first-order valence-corrected chi connectivity index (χ1v) is 15.6. The van der Waals surface area contributed by atoms with Gasteiger partial charge in [0.15, 0.2) is 11.5 Å². The summed E-state index contributed by atoms with van der Waals surface area (Å²) >= 11 is 12.0. The Morgan fingerprint density at radius 2 is 1.00 bits per heavy atom. The van der Waals surface area contributed by atoms with Crippen LogP contribution in [0, 0.1) is 0 Å². The van der Waals surface area contributed by atoms with Crippen molar-refractivity contribution in [2.75, 3.05) is 14.2 Å². The van der Waals surface area contributed by atoms with Crippen molar-refractivity contribution in [1.82, 2.24) is 0 Å². The van der Waals surface area contributed by atoms with E-state index in [-0.39, 0.29) is 35.8 Å². The monoisotopic (exact) mass is 686 g/mol. The lowest BCUT2D eigenvalue weighted by atomic mass is 10.1. The summed E-state index contributed by atoms with van der Waals surface area (Å²) in [5.74, 6) is 0.0238. The van der Waals surface area contributed by atoms with E-state index in [1.54, 1.807) is 18.2 Å². The molecule has 5 aromatic carbocycles. The number of carbonyl (C=O) groups is 2. The van der Waals surface area contributed by atoms with Gasteiger partial charge in [-0.05, 0) is 82.9 Å². The highest BCUT2D eigenvalue weighted by atomic mass is 35.5. The summed E-state index contributed by atoms with van der Waals surface area (Å²) in [6.45, 7) is 0.850. The van der Waals surface area contributed by atoms with Crippen LogP contribution in [0.25, 0.3) is 0 Å². The highest BCUT2D eigenvalue weighted by Crippen LogP contribution is 2.36. The Bertz CT molecular complexity index is 1860. The second kappa shape index (κ2) is 16.6. The topological polar surface area (TPSA) is 89.5 Å². The van der Waals surface area contributed by atoms with E-state index in [9.17, 15) is 9.59 Å². The van der Waals surface area contributed by atoms with E-state index in [0.717, 1.165) is 22.3 Å². The lowest BCUT2D eigenvalue weighted by Crippen LogP contribution is -2.15. The lowest BCUT2D eigenvalue weighted by molar-refractivity contribution is 0.0549. The number of halogens is 2. The first kappa shape index (κ1) is 34.2. The van der Waals surface area contributed by atoms with Crippen molar-refractivity contribution in [2.45, 2.75) is 26.4 Å². The van der Waals surface area contributed by atoms with Crippen LogP contribution in [0.3, 0.4) is 0 Å². The van der Waals surface area contributed by atoms with Crippen molar-refractivity contribution in [3.05, 3.63) is 153 Å². The molecule has 0 N–H and O–H groups in total. The molecule has 5 aromatic rings. The van der Waals surface area contributed by atoms with Gasteiger partial charge in [0.2, 0.25) is 0 Å². The van der Waals surface area contributed by atoms with Crippen molar-refractivity contribution in [1.29, 1.82) is 0 Å². The number of methoxy groups -OCH3 is 2. The Morgan fingerprint density at radius 1 is 0.521 bits per heavy atom. The Kier molecular flexibility index (Phi) is 11.8. The minimum Gasteiger partial charge on any atom is -0.489 e. The van der Waals surface area contributed by atoms with Gasteiger partial charge in [-0.3, -0.25) is 0 Å². The number of benzene rings is 5. The fourth-order valence-corrected chi connectivity index (χ4v) is 4.92. The van der Waals surface area contributed by atoms with Gasteiger partial charge in [0.05, 0.1) is 19.8 Å². The summed E-state index contributed by atoms with van der Waals surface area (Å²) in [5, 5.41) is 1.31. The molecular weight excluding hydrogens is 655 g/mol. The van der Waals surface area contributed by atoms with Crippen molar-refractivity contribution in [2.24, 2.45) is 0 Å². The summed E-state index contributed by atoms with van der Waals surface area (Å²) in [4.78, 5) is 25.7. The van der Waals surface area contributed by atoms with Gasteiger partial charge in [0.25, 0.3) is 0 Å². The zero-order valence-electron chi connectivity index (χ0n) is 26.2. The number of rotatable bonds is 14. The second-order valence-electron chi connectivity index (χ2n) is 10.5. The van der Waals surface area contributed by atoms with Crippen molar-refractivity contribution in [3.63, 3.8) is 0 Å². The maximum atomic E-state index is 13.0. The summed E-state index contributed by atoms with van der Waals surface area (Å²) in [6, 6.07) is 32.6. The Hall–Kier alpha value is -5.18. The van der Waals surface area contributed by atoms with Gasteiger partial charge in [-0.1, -0.05) is 71.7 Å². The molecule has 0 bridgehead atoms. The Labute approximate surface area is 288 Å². The van der Waals surface area contributed by atoms with Crippen LogP contribution in [0.4, 0.5) is 0 Å². The molecule has 0 atom stereocenters. The number of esters is 2. The van der Waals surface area contributed by atoms with E-state index in [1.165, 1.54) is 20.3 Å². The minimum absolute atomic E-state index is 0.0238. The molecule has 0 amide bonds. The van der Waals surface area contributed by atoms with Crippen LogP contribution in [-0.4, -0.2) is 26.2 Å². The van der Waals surface area contributed by atoms with Gasteiger partial charge < -0.3 is 28.4 Å². The molecule has 5 rings (SSSR count). The molecule has 0 unspecified atom stereocenters. The van der Waals surface area contributed by atoms with Gasteiger partial charge in [-0.15, -0.1) is 0 Å². The van der Waals surface area contributed by atoms with E-state index in [2.05, 4.69) is 0 Å². The van der Waals surface area contributed by atoms with Crippen LogP contribution in [0.1, 0.15) is 43.0 Å². The van der Waals surface area contributed by atoms with E-state index < -0.39 is 11.9 Å². The molecule has 48 heavy (non-hydrogen) atoms. The van der Waals surface area contributed by atoms with Gasteiger partial charge >= 0.3 is 11.9 Å². The SMILES string of the molecule is COC(=O)c1ccc(OCc2cccc(OCc3ccc(Cl)cc3)c2)c(OCc2cccc(OCc3ccc(Cl)cc3)c2)c1C(=O)OC. The largest absolute Gasteiger partial charge is 0.489 e. The summed E-state index contributed by atoms with van der Waals surface area (Å²) in [7, 11) is 2.45. The molecule has 8 nitrogen and oxygen atoms in total. The Morgan fingerprint density at radius 3 is 1.50 bits per heavy atom. The molecule has 0 aliphatic heterocycles. The zero-order chi connectivity index (χ0) is 33.9. The molecule has 0 saturated carbocycles. The minimum atomic E-state index is -0.784. The average molecular weight is 688 g/mol. The quantitative estimate of drug-likeness (QED) is 0.107. The number of hydrogen-bond acceptors (Lipinski definition) is 8. The van der Waals surface area contributed by atoms with Crippen LogP contribution < -0.4 is 18.9 Å². The molecule has 0 aliphatic rings. The van der Waals surface area contributed by atoms with Crippen LogP contribution in [0.5, 0.6) is 23.0 Å². The predicted octanol–water partition coefficient (Wildman–Crippen LogP) is 8.88. The molecule has 246 valence electrons. The second-order valence-corrected chi connectivity index (χ2v) is 11.4. The molecule has 0 fully saturated rings. The van der Waals surface area contributed by atoms with Gasteiger partial charge in [0.1, 0.15) is 43.5 Å². The molecular formula is C38H32Cl2O8. The van der Waals surface area contributed by atoms with E-state index in [0.29, 0.717) is 34.8 Å². The maximum absolute atomic E-state index is 13.0. The normalized spacial score (nSPS) is 10.6. The van der Waals surface area contributed by atoms with Gasteiger partial charge in [-0.25, -0.2) is 9.59 Å². The fraction of sp³-hybridized carbons (Fsp3) is 0.158. The van der Waals surface area contributed by atoms with E-state index in [4.69, 9.17) is 51.6 Å². The van der Waals surface area contributed by atoms with Gasteiger partial charge in [0, 0.05) is 10.0 Å². The number of hydrogen-bond donors (Lipinski definition) is 0. The third kappa shape index (κ3) is 9.21. The first-order valence-electron chi connectivity index (χ1n) is 14.8. The van der Waals surface area contributed by atoms with Crippen molar-refractivity contribution in [3.8, 4) is 23.0 Å².